The van der Waals surface area contributed by atoms with E-state index in [2.05, 4.69) is 4.98 Å². The molecule has 0 saturated heterocycles. The van der Waals surface area contributed by atoms with Crippen molar-refractivity contribution in [2.75, 3.05) is 0 Å². The highest BCUT2D eigenvalue weighted by Crippen LogP contribution is 2.32. The maximum Gasteiger partial charge on any atom is 0.228 e. The molecule has 3 rings (SSSR count). The third-order valence-corrected chi connectivity index (χ3v) is 3.04. The van der Waals surface area contributed by atoms with Crippen LogP contribution in [0.4, 0.5) is 8.78 Å². The Hall–Kier alpha value is -2.20. The normalized spacial score (nSPS) is 10.8. The minimum Gasteiger partial charge on any atom is -0.434 e. The molecule has 0 aliphatic carbocycles. The highest BCUT2D eigenvalue weighted by atomic mass is 35.5. The van der Waals surface area contributed by atoms with Gasteiger partial charge in [-0.05, 0) is 48.5 Å². The number of rotatable bonds is 2. The molecule has 0 aliphatic rings. The van der Waals surface area contributed by atoms with Crippen LogP contribution in [0.3, 0.4) is 0 Å². The van der Waals surface area contributed by atoms with E-state index in [9.17, 15) is 8.78 Å². The first kappa shape index (κ1) is 12.8. The Morgan fingerprint density at radius 3 is 1.85 bits per heavy atom. The highest BCUT2D eigenvalue weighted by molar-refractivity contribution is 6.31. The Bertz CT molecular complexity index is 736. The first-order valence-electron chi connectivity index (χ1n) is 5.82. The van der Waals surface area contributed by atoms with Gasteiger partial charge in [-0.2, -0.15) is 4.98 Å². The zero-order valence-electron chi connectivity index (χ0n) is 10.1. The fraction of sp³-hybridized carbons (Fsp3) is 0. The average molecular weight is 292 g/mol. The summed E-state index contributed by atoms with van der Waals surface area (Å²) in [5.41, 5.74) is 1.24. The molecule has 0 amide bonds. The molecular weight excluding hydrogens is 284 g/mol. The molecule has 0 saturated carbocycles. The van der Waals surface area contributed by atoms with Gasteiger partial charge >= 0.3 is 0 Å². The van der Waals surface area contributed by atoms with Crippen molar-refractivity contribution < 1.29 is 13.2 Å². The first-order valence-corrected chi connectivity index (χ1v) is 6.19. The van der Waals surface area contributed by atoms with Gasteiger partial charge in [-0.15, -0.1) is 0 Å². The predicted molar refractivity (Wildman–Crippen MR) is 72.3 cm³/mol. The van der Waals surface area contributed by atoms with Crippen LogP contribution in [0.1, 0.15) is 0 Å². The van der Waals surface area contributed by atoms with E-state index in [-0.39, 0.29) is 22.7 Å². The quantitative estimate of drug-likeness (QED) is 0.668. The molecule has 5 heteroatoms. The van der Waals surface area contributed by atoms with Crippen LogP contribution in [-0.2, 0) is 0 Å². The first-order chi connectivity index (χ1) is 9.63. The maximum absolute atomic E-state index is 12.9. The van der Waals surface area contributed by atoms with Gasteiger partial charge in [0.25, 0.3) is 0 Å². The summed E-state index contributed by atoms with van der Waals surface area (Å²) < 4.78 is 31.4. The van der Waals surface area contributed by atoms with E-state index >= 15 is 0 Å². The zero-order chi connectivity index (χ0) is 14.1. The Morgan fingerprint density at radius 1 is 0.800 bits per heavy atom. The van der Waals surface area contributed by atoms with Gasteiger partial charge < -0.3 is 4.42 Å². The molecule has 0 N–H and O–H groups in total. The number of benzene rings is 2. The van der Waals surface area contributed by atoms with Crippen molar-refractivity contribution in [1.82, 2.24) is 4.98 Å². The molecule has 2 aromatic carbocycles. The number of halogens is 3. The SMILES string of the molecule is Fc1ccc(-c2nc(Cl)c(-c3ccc(F)cc3)o2)cc1. The lowest BCUT2D eigenvalue weighted by molar-refractivity contribution is 0.587. The summed E-state index contributed by atoms with van der Waals surface area (Å²) in [6, 6.07) is 11.4. The van der Waals surface area contributed by atoms with Gasteiger partial charge in [-0.3, -0.25) is 0 Å². The van der Waals surface area contributed by atoms with Gasteiger partial charge in [0.1, 0.15) is 11.6 Å². The molecule has 100 valence electrons. The summed E-state index contributed by atoms with van der Waals surface area (Å²) >= 11 is 6.03. The average Bonchev–Trinajstić information content (AvgIpc) is 2.82. The number of aromatic nitrogens is 1. The van der Waals surface area contributed by atoms with Crippen LogP contribution in [0.15, 0.2) is 52.9 Å². The minimum atomic E-state index is -0.344. The van der Waals surface area contributed by atoms with Crippen molar-refractivity contribution in [3.05, 3.63) is 65.3 Å². The molecule has 0 radical (unpaired) electrons. The summed E-state index contributed by atoms with van der Waals surface area (Å²) in [6.45, 7) is 0. The molecule has 0 unspecified atom stereocenters. The number of hydrogen-bond donors (Lipinski definition) is 0. The van der Waals surface area contributed by atoms with E-state index in [1.165, 1.54) is 24.3 Å². The zero-order valence-corrected chi connectivity index (χ0v) is 10.9. The molecule has 1 heterocycles. The summed E-state index contributed by atoms with van der Waals surface area (Å²) in [6.07, 6.45) is 0. The Kier molecular flexibility index (Phi) is 3.24. The standard InChI is InChI=1S/C15H8ClF2NO/c16-14-13(9-1-5-11(17)6-2-9)20-15(19-14)10-3-7-12(18)8-4-10/h1-8H. The van der Waals surface area contributed by atoms with Crippen LogP contribution in [-0.4, -0.2) is 4.98 Å². The molecule has 1 aromatic heterocycles. The number of oxazole rings is 1. The van der Waals surface area contributed by atoms with Gasteiger partial charge in [-0.25, -0.2) is 8.78 Å². The van der Waals surface area contributed by atoms with Crippen LogP contribution < -0.4 is 0 Å². The Morgan fingerprint density at radius 2 is 1.30 bits per heavy atom. The van der Waals surface area contributed by atoms with Crippen LogP contribution >= 0.6 is 11.6 Å². The molecule has 0 spiro atoms. The van der Waals surface area contributed by atoms with E-state index in [0.717, 1.165) is 0 Å². The lowest BCUT2D eigenvalue weighted by atomic mass is 10.2. The maximum atomic E-state index is 12.9. The third kappa shape index (κ3) is 2.42. The van der Waals surface area contributed by atoms with Crippen LogP contribution in [0.25, 0.3) is 22.8 Å². The summed E-state index contributed by atoms with van der Waals surface area (Å²) in [4.78, 5) is 4.09. The fourth-order valence-corrected chi connectivity index (χ4v) is 2.02. The topological polar surface area (TPSA) is 26.0 Å². The van der Waals surface area contributed by atoms with Gasteiger partial charge in [-0.1, -0.05) is 11.6 Å². The second-order valence-electron chi connectivity index (χ2n) is 4.15. The van der Waals surface area contributed by atoms with E-state index in [1.807, 2.05) is 0 Å². The van der Waals surface area contributed by atoms with Gasteiger partial charge in [0, 0.05) is 11.1 Å². The third-order valence-electron chi connectivity index (χ3n) is 2.78. The van der Waals surface area contributed by atoms with Crippen LogP contribution in [0, 0.1) is 11.6 Å². The van der Waals surface area contributed by atoms with E-state index in [0.29, 0.717) is 16.9 Å². The molecular formula is C15H8ClF2NO. The molecule has 0 aliphatic heterocycles. The van der Waals surface area contributed by atoms with Crippen molar-refractivity contribution in [2.45, 2.75) is 0 Å². The van der Waals surface area contributed by atoms with Crippen LogP contribution in [0.5, 0.6) is 0 Å². The predicted octanol–water partition coefficient (Wildman–Crippen LogP) is 4.94. The van der Waals surface area contributed by atoms with E-state index in [4.69, 9.17) is 16.0 Å². The lowest BCUT2D eigenvalue weighted by Crippen LogP contribution is -1.77. The van der Waals surface area contributed by atoms with E-state index in [1.54, 1.807) is 24.3 Å². The second-order valence-corrected chi connectivity index (χ2v) is 4.51. The van der Waals surface area contributed by atoms with Crippen molar-refractivity contribution >= 4 is 11.6 Å². The van der Waals surface area contributed by atoms with E-state index < -0.39 is 0 Å². The molecule has 0 bridgehead atoms. The van der Waals surface area contributed by atoms with Gasteiger partial charge in [0.2, 0.25) is 5.89 Å². The summed E-state index contributed by atoms with van der Waals surface area (Å²) in [5.74, 6) is -0.0476. The van der Waals surface area contributed by atoms with Crippen molar-refractivity contribution in [3.63, 3.8) is 0 Å². The van der Waals surface area contributed by atoms with Crippen LogP contribution in [0.2, 0.25) is 5.15 Å². The monoisotopic (exact) mass is 291 g/mol. The Labute approximate surface area is 118 Å². The largest absolute Gasteiger partial charge is 0.434 e. The molecule has 3 aromatic rings. The smallest absolute Gasteiger partial charge is 0.228 e. The van der Waals surface area contributed by atoms with Gasteiger partial charge in [0.15, 0.2) is 10.9 Å². The lowest BCUT2D eigenvalue weighted by Gasteiger charge is -1.97. The Balaban J connectivity index is 2.02. The molecule has 2 nitrogen and oxygen atoms in total. The minimum absolute atomic E-state index is 0.177. The fourth-order valence-electron chi connectivity index (χ4n) is 1.80. The van der Waals surface area contributed by atoms with Crippen molar-refractivity contribution in [1.29, 1.82) is 0 Å². The molecule has 20 heavy (non-hydrogen) atoms. The number of nitrogens with zero attached hydrogens (tertiary/aromatic N) is 1. The molecule has 0 atom stereocenters. The summed E-state index contributed by atoms with van der Waals surface area (Å²) in [7, 11) is 0. The molecule has 0 fully saturated rings. The highest BCUT2D eigenvalue weighted by Gasteiger charge is 2.14. The van der Waals surface area contributed by atoms with Crippen molar-refractivity contribution in [3.8, 4) is 22.8 Å². The summed E-state index contributed by atoms with van der Waals surface area (Å²) in [5, 5.41) is 0.177. The second kappa shape index (κ2) is 5.06. The number of hydrogen-bond acceptors (Lipinski definition) is 2. The van der Waals surface area contributed by atoms with Crippen molar-refractivity contribution in [2.24, 2.45) is 0 Å². The van der Waals surface area contributed by atoms with Gasteiger partial charge in [0.05, 0.1) is 0 Å².